The predicted octanol–water partition coefficient (Wildman–Crippen LogP) is 1.19. The minimum atomic E-state index is -1.23. The van der Waals surface area contributed by atoms with E-state index < -0.39 is 77.6 Å². The third-order valence-electron chi connectivity index (χ3n) is 9.80. The van der Waals surface area contributed by atoms with Crippen LogP contribution in [-0.4, -0.2) is 112 Å². The highest BCUT2D eigenvalue weighted by Gasteiger charge is 2.33. The summed E-state index contributed by atoms with van der Waals surface area (Å²) in [6, 6.07) is 7.36. The third kappa shape index (κ3) is 15.7. The summed E-state index contributed by atoms with van der Waals surface area (Å²) < 4.78 is 0. The molecule has 0 unspecified atom stereocenters. The maximum absolute atomic E-state index is 14.2. The van der Waals surface area contributed by atoms with Gasteiger partial charge in [0.15, 0.2) is 0 Å². The Morgan fingerprint density at radius 2 is 1.25 bits per heavy atom. The lowest BCUT2D eigenvalue weighted by molar-refractivity contribution is -0.135. The number of carbonyl (C=O) groups is 6. The van der Waals surface area contributed by atoms with E-state index in [1.54, 1.807) is 32.2 Å². The number of primary amides is 1. The van der Waals surface area contributed by atoms with Crippen molar-refractivity contribution < 1.29 is 33.9 Å². The molecular formula is C41H61N9O7S2. The second-order valence-electron chi connectivity index (χ2n) is 14.8. The molecule has 3 rings (SSSR count). The average molecular weight is 856 g/mol. The molecule has 6 atom stereocenters. The van der Waals surface area contributed by atoms with Gasteiger partial charge in [0.05, 0.1) is 6.04 Å². The van der Waals surface area contributed by atoms with E-state index in [4.69, 9.17) is 17.2 Å². The summed E-state index contributed by atoms with van der Waals surface area (Å²) in [4.78, 5) is 84.2. The minimum Gasteiger partial charge on any atom is -0.508 e. The molecule has 0 saturated carbocycles. The summed E-state index contributed by atoms with van der Waals surface area (Å²) in [6.07, 6.45) is 7.50. The molecule has 0 spiro atoms. The number of hydrogen-bond acceptors (Lipinski definition) is 11. The fourth-order valence-corrected chi connectivity index (χ4v) is 7.31. The first-order valence-electron chi connectivity index (χ1n) is 19.8. The fraction of sp³-hybridized carbons (Fsp3) is 0.512. The number of carbonyl (C=O) groups excluding carboxylic acids is 6. The molecule has 0 fully saturated rings. The van der Waals surface area contributed by atoms with Gasteiger partial charge in [-0.05, 0) is 104 Å². The van der Waals surface area contributed by atoms with Crippen LogP contribution >= 0.6 is 23.5 Å². The first-order valence-corrected chi connectivity index (χ1v) is 22.5. The van der Waals surface area contributed by atoms with Gasteiger partial charge >= 0.3 is 0 Å². The number of nitrogens with one attached hydrogen (secondary N) is 6. The quantitative estimate of drug-likeness (QED) is 0.0512. The molecule has 0 bridgehead atoms. The van der Waals surface area contributed by atoms with Crippen LogP contribution in [0.2, 0.25) is 0 Å². The Labute approximate surface area is 354 Å². The minimum absolute atomic E-state index is 0.00869. The molecule has 16 nitrogen and oxygen atoms in total. The number of para-hydroxylation sites is 1. The molecule has 1 heterocycles. The van der Waals surface area contributed by atoms with Crippen LogP contribution in [0.15, 0.2) is 54.7 Å². The number of aromatic hydroxyl groups is 1. The van der Waals surface area contributed by atoms with Crippen LogP contribution in [0.3, 0.4) is 0 Å². The lowest BCUT2D eigenvalue weighted by atomic mass is 10.0. The van der Waals surface area contributed by atoms with Crippen molar-refractivity contribution in [3.05, 3.63) is 65.9 Å². The number of H-pyrrole nitrogens is 1. The summed E-state index contributed by atoms with van der Waals surface area (Å²) in [7, 11) is 0. The van der Waals surface area contributed by atoms with E-state index in [1.807, 2.05) is 36.8 Å². The molecule has 324 valence electrons. The van der Waals surface area contributed by atoms with Crippen molar-refractivity contribution >= 4 is 69.9 Å². The van der Waals surface area contributed by atoms with Gasteiger partial charge in [0.25, 0.3) is 0 Å². The number of phenolic OH excluding ortho intramolecular Hbond substituents is 1. The van der Waals surface area contributed by atoms with E-state index in [2.05, 4.69) is 31.6 Å². The molecular weight excluding hydrogens is 795 g/mol. The second-order valence-corrected chi connectivity index (χ2v) is 16.7. The lowest BCUT2D eigenvalue weighted by Crippen LogP contribution is -2.60. The van der Waals surface area contributed by atoms with E-state index in [-0.39, 0.29) is 31.4 Å². The van der Waals surface area contributed by atoms with E-state index in [1.165, 1.54) is 35.7 Å². The average Bonchev–Trinajstić information content (AvgIpc) is 3.61. The Morgan fingerprint density at radius 3 is 1.88 bits per heavy atom. The van der Waals surface area contributed by atoms with Crippen LogP contribution in [0.1, 0.15) is 57.1 Å². The van der Waals surface area contributed by atoms with Crippen LogP contribution in [0, 0.1) is 5.92 Å². The second kappa shape index (κ2) is 25.0. The highest BCUT2D eigenvalue weighted by molar-refractivity contribution is 7.98. The molecule has 3 aromatic rings. The SMILES string of the molecule is CSCC[C@@H](NC(=O)[C@@H](NC(=O)[C@@H](CCSC)NC(=O)[C@@H](Cc1ccc(O)cc1)NC(=O)[C@H](CCCCN)NC(=O)[C@H](N)Cc1c[nH]c2ccccc12)C(C)C)C(N)=O. The number of aromatic nitrogens is 1. The number of unbranched alkanes of at least 4 members (excludes halogenated alkanes) is 1. The van der Waals surface area contributed by atoms with Crippen LogP contribution in [0.4, 0.5) is 0 Å². The summed E-state index contributed by atoms with van der Waals surface area (Å²) >= 11 is 2.95. The summed E-state index contributed by atoms with van der Waals surface area (Å²) in [6.45, 7) is 3.85. The van der Waals surface area contributed by atoms with Crippen molar-refractivity contribution in [1.82, 2.24) is 31.6 Å². The van der Waals surface area contributed by atoms with Crippen LogP contribution < -0.4 is 43.8 Å². The molecule has 13 N–H and O–H groups in total. The number of hydrogen-bond donors (Lipinski definition) is 10. The molecule has 0 saturated heterocycles. The molecule has 0 aliphatic carbocycles. The van der Waals surface area contributed by atoms with Gasteiger partial charge in [-0.2, -0.15) is 23.5 Å². The number of thioether (sulfide) groups is 2. The number of amides is 6. The topological polar surface area (TPSA) is 277 Å². The number of fused-ring (bicyclic) bond motifs is 1. The van der Waals surface area contributed by atoms with E-state index in [0.29, 0.717) is 42.9 Å². The van der Waals surface area contributed by atoms with Crippen molar-refractivity contribution in [3.63, 3.8) is 0 Å². The van der Waals surface area contributed by atoms with E-state index >= 15 is 0 Å². The molecule has 18 heteroatoms. The van der Waals surface area contributed by atoms with Crippen molar-refractivity contribution in [3.8, 4) is 5.75 Å². The van der Waals surface area contributed by atoms with Gasteiger partial charge in [-0.3, -0.25) is 28.8 Å². The Bertz CT molecular complexity index is 1840. The largest absolute Gasteiger partial charge is 0.508 e. The molecule has 0 radical (unpaired) electrons. The molecule has 1 aromatic heterocycles. The van der Waals surface area contributed by atoms with Crippen LogP contribution in [0.25, 0.3) is 10.9 Å². The van der Waals surface area contributed by atoms with Gasteiger partial charge in [0.2, 0.25) is 35.4 Å². The maximum Gasteiger partial charge on any atom is 0.243 e. The van der Waals surface area contributed by atoms with Crippen molar-refractivity contribution in [1.29, 1.82) is 0 Å². The standard InChI is InChI=1S/C41H61N9O7S2/c1-24(2)35(41(57)46-31(36(44)52)16-19-58-3)50-39(55)33(17-20-59-4)48-40(56)34(21-25-12-14-27(51)15-13-25)49-38(54)32(11-7-8-18-42)47-37(53)29(43)22-26-23-45-30-10-6-5-9-28(26)30/h5-6,9-10,12-15,23-24,29,31-35,45,51H,7-8,11,16-22,42-43H2,1-4H3,(H2,44,52)(H,46,57)(H,47,53)(H,48,56)(H,49,54)(H,50,55)/t29-,31-,32+,33-,34-,35+/m1/s1. The lowest BCUT2D eigenvalue weighted by Gasteiger charge is -2.28. The third-order valence-corrected chi connectivity index (χ3v) is 11.1. The monoisotopic (exact) mass is 855 g/mol. The normalized spacial score (nSPS) is 14.4. The Morgan fingerprint density at radius 1 is 0.695 bits per heavy atom. The number of nitrogens with two attached hydrogens (primary N) is 3. The van der Waals surface area contributed by atoms with Crippen molar-refractivity contribution in [2.24, 2.45) is 23.1 Å². The highest BCUT2D eigenvalue weighted by Crippen LogP contribution is 2.19. The van der Waals surface area contributed by atoms with E-state index in [9.17, 15) is 33.9 Å². The predicted molar refractivity (Wildman–Crippen MR) is 234 cm³/mol. The molecule has 0 aliphatic rings. The zero-order chi connectivity index (χ0) is 43.5. The number of rotatable bonds is 26. The van der Waals surface area contributed by atoms with Gasteiger partial charge < -0.3 is 53.9 Å². The van der Waals surface area contributed by atoms with Gasteiger partial charge in [0, 0.05) is 23.5 Å². The Kier molecular flexibility index (Phi) is 20.6. The number of phenols is 1. The number of aromatic amines is 1. The van der Waals surface area contributed by atoms with Gasteiger partial charge in [0.1, 0.15) is 36.0 Å². The highest BCUT2D eigenvalue weighted by atomic mass is 32.2. The van der Waals surface area contributed by atoms with Crippen molar-refractivity contribution in [2.45, 2.75) is 95.0 Å². The molecule has 2 aromatic carbocycles. The first-order chi connectivity index (χ1) is 28.2. The van der Waals surface area contributed by atoms with Crippen molar-refractivity contribution in [2.75, 3.05) is 30.6 Å². The summed E-state index contributed by atoms with van der Waals surface area (Å²) in [5.74, 6) is -3.12. The Balaban J connectivity index is 1.84. The van der Waals surface area contributed by atoms with Gasteiger partial charge in [-0.1, -0.05) is 44.2 Å². The molecule has 6 amide bonds. The number of benzene rings is 2. The Hall–Kier alpha value is -4.78. The van der Waals surface area contributed by atoms with Gasteiger partial charge in [-0.25, -0.2) is 0 Å². The first kappa shape index (κ1) is 48.6. The fourth-order valence-electron chi connectivity index (χ4n) is 6.37. The van der Waals surface area contributed by atoms with Crippen LogP contribution in [-0.2, 0) is 41.6 Å². The zero-order valence-electron chi connectivity index (χ0n) is 34.3. The van der Waals surface area contributed by atoms with Gasteiger partial charge in [-0.15, -0.1) is 0 Å². The smallest absolute Gasteiger partial charge is 0.243 e. The van der Waals surface area contributed by atoms with E-state index in [0.717, 1.165) is 16.5 Å². The molecule has 59 heavy (non-hydrogen) atoms. The summed E-state index contributed by atoms with van der Waals surface area (Å²) in [5.41, 5.74) is 20.0. The van der Waals surface area contributed by atoms with Crippen LogP contribution in [0.5, 0.6) is 5.75 Å². The maximum atomic E-state index is 14.2. The molecule has 0 aliphatic heterocycles. The summed E-state index contributed by atoms with van der Waals surface area (Å²) in [5, 5.41) is 24.6. The zero-order valence-corrected chi connectivity index (χ0v) is 35.9.